The zero-order valence-electron chi connectivity index (χ0n) is 15.4. The second-order valence-corrected chi connectivity index (χ2v) is 5.97. The van der Waals surface area contributed by atoms with Crippen molar-refractivity contribution < 1.29 is 14.3 Å². The fourth-order valence-corrected chi connectivity index (χ4v) is 2.91. The number of hydrogen-bond donors (Lipinski definition) is 1. The van der Waals surface area contributed by atoms with Crippen molar-refractivity contribution in [3.63, 3.8) is 0 Å². The molecule has 0 fully saturated rings. The van der Waals surface area contributed by atoms with Gasteiger partial charge in [-0.1, -0.05) is 12.1 Å². The number of benzene rings is 1. The number of aryl methyl sites for hydroxylation is 3. The number of carbonyl (C=O) groups excluding carboxylic acids is 1. The molecule has 0 unspecified atom stereocenters. The monoisotopic (exact) mass is 354 g/mol. The molecule has 26 heavy (non-hydrogen) atoms. The van der Waals surface area contributed by atoms with Gasteiger partial charge in [-0.15, -0.1) is 0 Å². The van der Waals surface area contributed by atoms with Gasteiger partial charge in [0.2, 0.25) is 0 Å². The lowest BCUT2D eigenvalue weighted by atomic mass is 10.1. The molecule has 0 saturated carbocycles. The van der Waals surface area contributed by atoms with E-state index in [1.807, 2.05) is 45.2 Å². The number of methoxy groups -OCH3 is 1. The van der Waals surface area contributed by atoms with Crippen LogP contribution in [-0.4, -0.2) is 40.9 Å². The molecule has 0 bridgehead atoms. The van der Waals surface area contributed by atoms with Crippen LogP contribution in [-0.2, 0) is 7.05 Å². The van der Waals surface area contributed by atoms with Crippen LogP contribution in [0, 0.1) is 13.8 Å². The summed E-state index contributed by atoms with van der Waals surface area (Å²) in [5.41, 5.74) is 2.84. The van der Waals surface area contributed by atoms with Crippen LogP contribution in [0.5, 0.6) is 11.5 Å². The average molecular weight is 354 g/mol. The van der Waals surface area contributed by atoms with Gasteiger partial charge in [-0.2, -0.15) is 5.10 Å². The van der Waals surface area contributed by atoms with E-state index in [9.17, 15) is 4.79 Å². The van der Waals surface area contributed by atoms with Crippen molar-refractivity contribution in [1.82, 2.24) is 20.1 Å². The van der Waals surface area contributed by atoms with Crippen LogP contribution in [0.1, 0.15) is 21.7 Å². The number of nitrogens with zero attached hydrogens (tertiary/aromatic N) is 3. The molecule has 0 saturated heterocycles. The number of rotatable bonds is 6. The number of pyridine rings is 1. The summed E-state index contributed by atoms with van der Waals surface area (Å²) in [5.74, 6) is 1.14. The zero-order chi connectivity index (χ0) is 18.7. The largest absolute Gasteiger partial charge is 0.493 e. The predicted molar refractivity (Wildman–Crippen MR) is 98.8 cm³/mol. The molecule has 0 aliphatic carbocycles. The lowest BCUT2D eigenvalue weighted by Crippen LogP contribution is -2.28. The number of aromatic nitrogens is 3. The first-order chi connectivity index (χ1) is 12.5. The van der Waals surface area contributed by atoms with E-state index >= 15 is 0 Å². The standard InChI is InChI=1S/C19H22N4O3/c1-12-11-14(17-13(2)22-23(3)18(17)21-12)19(24)20-9-10-26-16-8-6-5-7-15(16)25-4/h5-8,11H,9-10H2,1-4H3,(H,20,24). The van der Waals surface area contributed by atoms with Crippen LogP contribution in [0.2, 0.25) is 0 Å². The molecular weight excluding hydrogens is 332 g/mol. The van der Waals surface area contributed by atoms with Crippen LogP contribution in [0.15, 0.2) is 30.3 Å². The highest BCUT2D eigenvalue weighted by atomic mass is 16.5. The van der Waals surface area contributed by atoms with Gasteiger partial charge in [-0.25, -0.2) is 4.98 Å². The molecule has 3 aromatic rings. The van der Waals surface area contributed by atoms with Gasteiger partial charge in [-0.3, -0.25) is 9.48 Å². The van der Waals surface area contributed by atoms with Gasteiger partial charge in [0, 0.05) is 12.7 Å². The van der Waals surface area contributed by atoms with Gasteiger partial charge in [0.15, 0.2) is 17.1 Å². The lowest BCUT2D eigenvalue weighted by molar-refractivity contribution is 0.0948. The normalized spacial score (nSPS) is 10.8. The summed E-state index contributed by atoms with van der Waals surface area (Å²) in [5, 5.41) is 8.04. The van der Waals surface area contributed by atoms with E-state index in [4.69, 9.17) is 9.47 Å². The molecule has 2 aromatic heterocycles. The molecular formula is C19H22N4O3. The molecule has 0 spiro atoms. The summed E-state index contributed by atoms with van der Waals surface area (Å²) in [4.78, 5) is 17.1. The molecule has 0 aliphatic heterocycles. The first-order valence-corrected chi connectivity index (χ1v) is 8.36. The quantitative estimate of drug-likeness (QED) is 0.688. The Morgan fingerprint density at radius 2 is 1.96 bits per heavy atom. The predicted octanol–water partition coefficient (Wildman–Crippen LogP) is 2.40. The zero-order valence-corrected chi connectivity index (χ0v) is 15.4. The van der Waals surface area contributed by atoms with Gasteiger partial charge in [0.25, 0.3) is 5.91 Å². The summed E-state index contributed by atoms with van der Waals surface area (Å²) in [6.45, 7) is 4.45. The SMILES string of the molecule is COc1ccccc1OCCNC(=O)c1cc(C)nc2c1c(C)nn2C. The molecule has 2 heterocycles. The maximum Gasteiger partial charge on any atom is 0.252 e. The Balaban J connectivity index is 1.68. The molecule has 0 radical (unpaired) electrons. The van der Waals surface area contributed by atoms with Gasteiger partial charge in [0.05, 0.1) is 30.3 Å². The topological polar surface area (TPSA) is 78.3 Å². The van der Waals surface area contributed by atoms with Crippen LogP contribution < -0.4 is 14.8 Å². The summed E-state index contributed by atoms with van der Waals surface area (Å²) in [6.07, 6.45) is 0. The van der Waals surface area contributed by atoms with Gasteiger partial charge >= 0.3 is 0 Å². The van der Waals surface area contributed by atoms with Crippen LogP contribution in [0.25, 0.3) is 11.0 Å². The van der Waals surface area contributed by atoms with Crippen LogP contribution >= 0.6 is 0 Å². The fourth-order valence-electron chi connectivity index (χ4n) is 2.91. The van der Waals surface area contributed by atoms with E-state index in [0.29, 0.717) is 35.9 Å². The summed E-state index contributed by atoms with van der Waals surface area (Å²) >= 11 is 0. The van der Waals surface area contributed by atoms with Gasteiger partial charge in [-0.05, 0) is 32.0 Å². The van der Waals surface area contributed by atoms with E-state index in [2.05, 4.69) is 15.4 Å². The van der Waals surface area contributed by atoms with Crippen molar-refractivity contribution in [2.24, 2.45) is 7.05 Å². The van der Waals surface area contributed by atoms with Crippen molar-refractivity contribution >= 4 is 16.9 Å². The van der Waals surface area contributed by atoms with Gasteiger partial charge in [0.1, 0.15) is 6.61 Å². The maximum atomic E-state index is 12.7. The summed E-state index contributed by atoms with van der Waals surface area (Å²) < 4.78 is 12.6. The first kappa shape index (κ1) is 17.7. The van der Waals surface area contributed by atoms with Crippen LogP contribution in [0.3, 0.4) is 0 Å². The van der Waals surface area contributed by atoms with Crippen molar-refractivity contribution in [2.45, 2.75) is 13.8 Å². The number of fused-ring (bicyclic) bond motifs is 1. The Bertz CT molecular complexity index is 949. The lowest BCUT2D eigenvalue weighted by Gasteiger charge is -2.11. The molecule has 1 aromatic carbocycles. The second-order valence-electron chi connectivity index (χ2n) is 5.97. The van der Waals surface area contributed by atoms with Crippen molar-refractivity contribution in [3.05, 3.63) is 47.3 Å². The molecule has 7 heteroatoms. The van der Waals surface area contributed by atoms with Gasteiger partial charge < -0.3 is 14.8 Å². The minimum atomic E-state index is -0.166. The number of hydrogen-bond acceptors (Lipinski definition) is 5. The van der Waals surface area contributed by atoms with E-state index in [1.54, 1.807) is 17.9 Å². The Kier molecular flexibility index (Phi) is 5.06. The highest BCUT2D eigenvalue weighted by molar-refractivity contribution is 6.06. The summed E-state index contributed by atoms with van der Waals surface area (Å²) in [6, 6.07) is 9.19. The minimum absolute atomic E-state index is 0.166. The minimum Gasteiger partial charge on any atom is -0.493 e. The highest BCUT2D eigenvalue weighted by Gasteiger charge is 2.17. The summed E-state index contributed by atoms with van der Waals surface area (Å²) in [7, 11) is 3.42. The molecule has 7 nitrogen and oxygen atoms in total. The van der Waals surface area contributed by atoms with Crippen molar-refractivity contribution in [2.75, 3.05) is 20.3 Å². The Labute approximate surface area is 151 Å². The van der Waals surface area contributed by atoms with Crippen molar-refractivity contribution in [3.8, 4) is 11.5 Å². The number of ether oxygens (including phenoxy) is 2. The third kappa shape index (κ3) is 3.46. The number of nitrogens with one attached hydrogen (secondary N) is 1. The third-order valence-electron chi connectivity index (χ3n) is 4.06. The molecule has 0 aliphatic rings. The third-order valence-corrected chi connectivity index (χ3v) is 4.06. The highest BCUT2D eigenvalue weighted by Crippen LogP contribution is 2.25. The van der Waals surface area contributed by atoms with Crippen molar-refractivity contribution in [1.29, 1.82) is 0 Å². The maximum absolute atomic E-state index is 12.7. The molecule has 1 N–H and O–H groups in total. The van der Waals surface area contributed by atoms with E-state index < -0.39 is 0 Å². The first-order valence-electron chi connectivity index (χ1n) is 8.36. The van der Waals surface area contributed by atoms with E-state index in [-0.39, 0.29) is 5.91 Å². The molecule has 0 atom stereocenters. The molecule has 1 amide bonds. The van der Waals surface area contributed by atoms with Crippen LogP contribution in [0.4, 0.5) is 0 Å². The van der Waals surface area contributed by atoms with E-state index in [1.165, 1.54) is 0 Å². The average Bonchev–Trinajstić information content (AvgIpc) is 2.92. The molecule has 136 valence electrons. The fraction of sp³-hybridized carbons (Fsp3) is 0.316. The second kappa shape index (κ2) is 7.43. The number of carbonyl (C=O) groups is 1. The molecule has 3 rings (SSSR count). The Morgan fingerprint density at radius 3 is 2.69 bits per heavy atom. The number of para-hydroxylation sites is 2. The van der Waals surface area contributed by atoms with E-state index in [0.717, 1.165) is 16.8 Å². The Hall–Kier alpha value is -3.09. The number of amides is 1. The smallest absolute Gasteiger partial charge is 0.252 e. The Morgan fingerprint density at radius 1 is 1.23 bits per heavy atom.